The Bertz CT molecular complexity index is 783. The second kappa shape index (κ2) is 7.70. The molecule has 3 rings (SSSR count). The van der Waals surface area contributed by atoms with Gasteiger partial charge in [0.05, 0.1) is 25.0 Å². The first kappa shape index (κ1) is 17.5. The normalized spacial score (nSPS) is 15.8. The highest BCUT2D eigenvalue weighted by atomic mass is 32.1. The molecule has 0 saturated heterocycles. The third kappa shape index (κ3) is 4.20. The molecule has 0 unspecified atom stereocenters. The molecule has 0 aliphatic carbocycles. The molecule has 0 saturated carbocycles. The molecule has 0 bridgehead atoms. The molecular weight excluding hydrogens is 338 g/mol. The molecule has 1 aromatic carbocycles. The van der Waals surface area contributed by atoms with E-state index in [1.54, 1.807) is 13.2 Å². The number of benzene rings is 1. The summed E-state index contributed by atoms with van der Waals surface area (Å²) >= 11 is 1.38. The van der Waals surface area contributed by atoms with E-state index in [0.717, 1.165) is 29.0 Å². The van der Waals surface area contributed by atoms with E-state index in [1.807, 2.05) is 23.6 Å². The minimum Gasteiger partial charge on any atom is -0.493 e. The van der Waals surface area contributed by atoms with Crippen LogP contribution in [0.25, 0.3) is 0 Å². The van der Waals surface area contributed by atoms with E-state index in [-0.39, 0.29) is 17.6 Å². The molecule has 1 N–H and O–H groups in total. The number of amides is 1. The zero-order valence-corrected chi connectivity index (χ0v) is 15.2. The fourth-order valence-corrected chi connectivity index (χ4v) is 3.72. The molecule has 0 spiro atoms. The molecule has 0 radical (unpaired) electrons. The van der Waals surface area contributed by atoms with Crippen LogP contribution >= 0.6 is 11.3 Å². The quantitative estimate of drug-likeness (QED) is 0.806. The molecule has 2 aromatic rings. The lowest BCUT2D eigenvalue weighted by Crippen LogP contribution is -2.35. The fourth-order valence-electron chi connectivity index (χ4n) is 2.91. The number of thiophene rings is 1. The van der Waals surface area contributed by atoms with Gasteiger partial charge in [-0.1, -0.05) is 12.1 Å². The van der Waals surface area contributed by atoms with Gasteiger partial charge in [0.1, 0.15) is 0 Å². The number of ketones is 1. The highest BCUT2D eigenvalue weighted by Gasteiger charge is 2.23. The Labute approximate surface area is 151 Å². The number of carbonyl (C=O) groups is 2. The second-order valence-electron chi connectivity index (χ2n) is 6.19. The van der Waals surface area contributed by atoms with Gasteiger partial charge >= 0.3 is 0 Å². The number of carbonyl (C=O) groups excluding carboxylic acids is 2. The Kier molecular flexibility index (Phi) is 5.38. The lowest BCUT2D eigenvalue weighted by molar-refractivity contribution is -0.120. The molecule has 6 heteroatoms. The maximum atomic E-state index is 12.1. The van der Waals surface area contributed by atoms with E-state index < -0.39 is 0 Å². The second-order valence-corrected chi connectivity index (χ2v) is 7.10. The van der Waals surface area contributed by atoms with E-state index in [0.29, 0.717) is 24.4 Å². The van der Waals surface area contributed by atoms with Gasteiger partial charge in [0.15, 0.2) is 17.3 Å². The van der Waals surface area contributed by atoms with Crippen LogP contribution in [0.1, 0.15) is 27.7 Å². The van der Waals surface area contributed by atoms with Crippen LogP contribution in [0.4, 0.5) is 0 Å². The number of methoxy groups -OCH3 is 1. The lowest BCUT2D eigenvalue weighted by Gasteiger charge is -2.26. The average Bonchev–Trinajstić information content (AvgIpc) is 3.08. The van der Waals surface area contributed by atoms with Gasteiger partial charge in [-0.2, -0.15) is 0 Å². The highest BCUT2D eigenvalue weighted by Crippen LogP contribution is 2.35. The largest absolute Gasteiger partial charge is 0.493 e. The predicted molar refractivity (Wildman–Crippen MR) is 96.7 cm³/mol. The molecular formula is C19H21NO4S. The number of hydrogen-bond acceptors (Lipinski definition) is 5. The van der Waals surface area contributed by atoms with Crippen molar-refractivity contribution in [2.75, 3.05) is 20.3 Å². The van der Waals surface area contributed by atoms with Crippen LogP contribution in [0.3, 0.4) is 0 Å². The van der Waals surface area contributed by atoms with Crippen LogP contribution in [0.2, 0.25) is 0 Å². The molecule has 25 heavy (non-hydrogen) atoms. The summed E-state index contributed by atoms with van der Waals surface area (Å²) in [5.41, 5.74) is 1.98. The van der Waals surface area contributed by atoms with Crippen molar-refractivity contribution in [2.45, 2.75) is 19.8 Å². The summed E-state index contributed by atoms with van der Waals surface area (Å²) in [6.45, 7) is 2.66. The van der Waals surface area contributed by atoms with Crippen LogP contribution in [0, 0.1) is 5.92 Å². The minimum atomic E-state index is -0.0376. The van der Waals surface area contributed by atoms with Crippen molar-refractivity contribution in [3.8, 4) is 11.5 Å². The minimum absolute atomic E-state index is 0.0325. The zero-order valence-electron chi connectivity index (χ0n) is 14.3. The molecule has 1 aliphatic heterocycles. The summed E-state index contributed by atoms with van der Waals surface area (Å²) in [5.74, 6) is 1.79. The van der Waals surface area contributed by atoms with Crippen LogP contribution in [-0.4, -0.2) is 32.0 Å². The van der Waals surface area contributed by atoms with Crippen LogP contribution in [0.15, 0.2) is 29.6 Å². The summed E-state index contributed by atoms with van der Waals surface area (Å²) < 4.78 is 11.1. The fraction of sp³-hybridized carbons (Fsp3) is 0.368. The summed E-state index contributed by atoms with van der Waals surface area (Å²) in [6.07, 6.45) is 1.14. The zero-order chi connectivity index (χ0) is 17.8. The van der Waals surface area contributed by atoms with E-state index in [9.17, 15) is 9.59 Å². The van der Waals surface area contributed by atoms with Gasteiger partial charge < -0.3 is 14.8 Å². The molecule has 2 heterocycles. The van der Waals surface area contributed by atoms with Crippen molar-refractivity contribution in [1.29, 1.82) is 0 Å². The molecule has 1 amide bonds. The molecule has 1 aromatic heterocycles. The van der Waals surface area contributed by atoms with Gasteiger partial charge in [-0.25, -0.2) is 0 Å². The first-order chi connectivity index (χ1) is 12.1. The van der Waals surface area contributed by atoms with Crippen molar-refractivity contribution in [1.82, 2.24) is 5.32 Å². The topological polar surface area (TPSA) is 64.6 Å². The number of para-hydroxylation sites is 1. The Morgan fingerprint density at radius 2 is 2.24 bits per heavy atom. The molecule has 1 atom stereocenters. The van der Waals surface area contributed by atoms with Crippen molar-refractivity contribution in [3.63, 3.8) is 0 Å². The van der Waals surface area contributed by atoms with Gasteiger partial charge in [0.25, 0.3) is 0 Å². The average molecular weight is 359 g/mol. The van der Waals surface area contributed by atoms with Gasteiger partial charge in [0.2, 0.25) is 5.91 Å². The summed E-state index contributed by atoms with van der Waals surface area (Å²) in [6, 6.07) is 7.65. The van der Waals surface area contributed by atoms with Crippen molar-refractivity contribution in [2.24, 2.45) is 5.92 Å². The number of fused-ring (bicyclic) bond motifs is 1. The molecule has 5 nitrogen and oxygen atoms in total. The Hall–Kier alpha value is -2.34. The van der Waals surface area contributed by atoms with Crippen LogP contribution in [0.5, 0.6) is 11.5 Å². The molecule has 0 fully saturated rings. The third-order valence-corrected chi connectivity index (χ3v) is 5.29. The maximum absolute atomic E-state index is 12.1. The van der Waals surface area contributed by atoms with Gasteiger partial charge in [-0.3, -0.25) is 9.59 Å². The van der Waals surface area contributed by atoms with Crippen molar-refractivity contribution >= 4 is 23.0 Å². The molecule has 1 aliphatic rings. The number of hydrogen-bond donors (Lipinski definition) is 1. The summed E-state index contributed by atoms with van der Waals surface area (Å²) in [7, 11) is 1.63. The van der Waals surface area contributed by atoms with Gasteiger partial charge in [0, 0.05) is 12.5 Å². The van der Waals surface area contributed by atoms with Crippen molar-refractivity contribution < 1.29 is 19.1 Å². The lowest BCUT2D eigenvalue weighted by atomic mass is 9.96. The predicted octanol–water partition coefficient (Wildman–Crippen LogP) is 2.87. The number of rotatable bonds is 6. The monoisotopic (exact) mass is 359 g/mol. The van der Waals surface area contributed by atoms with E-state index in [4.69, 9.17) is 9.47 Å². The van der Waals surface area contributed by atoms with Crippen LogP contribution < -0.4 is 14.8 Å². The van der Waals surface area contributed by atoms with Crippen LogP contribution in [-0.2, 0) is 17.6 Å². The maximum Gasteiger partial charge on any atom is 0.224 e. The SMILES string of the molecule is COc1cccc2c1OC[C@@H](CNC(=O)Cc1csc(C(C)=O)c1)C2. The summed E-state index contributed by atoms with van der Waals surface area (Å²) in [4.78, 5) is 24.1. The first-order valence-electron chi connectivity index (χ1n) is 8.20. The highest BCUT2D eigenvalue weighted by molar-refractivity contribution is 7.12. The van der Waals surface area contributed by atoms with E-state index in [1.165, 1.54) is 18.3 Å². The van der Waals surface area contributed by atoms with Crippen molar-refractivity contribution in [3.05, 3.63) is 45.6 Å². The first-order valence-corrected chi connectivity index (χ1v) is 9.08. The Morgan fingerprint density at radius 1 is 1.40 bits per heavy atom. The van der Waals surface area contributed by atoms with E-state index >= 15 is 0 Å². The standard InChI is InChI=1S/C19H21NO4S/c1-12(21)17-7-13(11-25-17)8-18(22)20-9-14-6-15-4-3-5-16(23-2)19(15)24-10-14/h3-5,7,11,14H,6,8-10H2,1-2H3,(H,20,22)/t14-/m1/s1. The smallest absolute Gasteiger partial charge is 0.224 e. The third-order valence-electron chi connectivity index (χ3n) is 4.21. The van der Waals surface area contributed by atoms with Gasteiger partial charge in [-0.05, 0) is 42.0 Å². The molecule has 132 valence electrons. The number of nitrogens with one attached hydrogen (secondary N) is 1. The number of ether oxygens (including phenoxy) is 2. The summed E-state index contributed by atoms with van der Waals surface area (Å²) in [5, 5.41) is 4.83. The van der Waals surface area contributed by atoms with Gasteiger partial charge in [-0.15, -0.1) is 11.3 Å². The van der Waals surface area contributed by atoms with E-state index in [2.05, 4.69) is 5.32 Å². The Morgan fingerprint density at radius 3 is 2.96 bits per heavy atom. The Balaban J connectivity index is 1.51. The number of Topliss-reactive ketones (excluding diaryl/α,β-unsaturated/α-hetero) is 1.